The Morgan fingerprint density at radius 3 is 2.64 bits per heavy atom. The number of hydrogen-bond donors (Lipinski definition) is 0. The molecule has 0 aromatic rings. The zero-order chi connectivity index (χ0) is 8.85. The molecule has 0 aliphatic carbocycles. The number of rotatable bonds is 3. The van der Waals surface area contributed by atoms with Gasteiger partial charge >= 0.3 is 0 Å². The summed E-state index contributed by atoms with van der Waals surface area (Å²) in [6.45, 7) is 3.42. The molecular formula is C7H10ClNO2. The fraction of sp³-hybridized carbons (Fsp3) is 0.429. The van der Waals surface area contributed by atoms with E-state index in [9.17, 15) is 10.1 Å². The van der Waals surface area contributed by atoms with E-state index in [1.807, 2.05) is 6.92 Å². The molecule has 0 aliphatic rings. The van der Waals surface area contributed by atoms with Gasteiger partial charge in [-0.25, -0.2) is 0 Å². The molecular weight excluding hydrogens is 166 g/mol. The van der Waals surface area contributed by atoms with Crippen LogP contribution in [0.25, 0.3) is 0 Å². The average Bonchev–Trinajstić information content (AvgIpc) is 1.98. The molecule has 11 heavy (non-hydrogen) atoms. The molecule has 0 rings (SSSR count). The first-order valence-corrected chi connectivity index (χ1v) is 3.56. The Bertz CT molecular complexity index is 208. The van der Waals surface area contributed by atoms with Crippen LogP contribution < -0.4 is 0 Å². The van der Waals surface area contributed by atoms with Gasteiger partial charge in [0.2, 0.25) is 6.54 Å². The second-order valence-electron chi connectivity index (χ2n) is 2.04. The van der Waals surface area contributed by atoms with Crippen LogP contribution in [0.5, 0.6) is 0 Å². The van der Waals surface area contributed by atoms with Crippen LogP contribution in [0.2, 0.25) is 0 Å². The van der Waals surface area contributed by atoms with Gasteiger partial charge in [0.15, 0.2) is 0 Å². The summed E-state index contributed by atoms with van der Waals surface area (Å²) >= 11 is 5.66. The maximum absolute atomic E-state index is 9.90. The highest BCUT2D eigenvalue weighted by molar-refractivity contribution is 6.31. The fourth-order valence-electron chi connectivity index (χ4n) is 0.454. The van der Waals surface area contributed by atoms with Gasteiger partial charge in [0.25, 0.3) is 0 Å². The monoisotopic (exact) mass is 175 g/mol. The van der Waals surface area contributed by atoms with Crippen molar-refractivity contribution in [1.29, 1.82) is 0 Å². The van der Waals surface area contributed by atoms with Crippen LogP contribution >= 0.6 is 11.6 Å². The van der Waals surface area contributed by atoms with E-state index in [1.165, 1.54) is 6.08 Å². The van der Waals surface area contributed by atoms with Crippen molar-refractivity contribution in [3.63, 3.8) is 0 Å². The predicted molar refractivity (Wildman–Crippen MR) is 45.2 cm³/mol. The molecule has 0 aromatic heterocycles. The molecule has 0 spiro atoms. The lowest BCUT2D eigenvalue weighted by atomic mass is 10.2. The number of nitrogens with zero attached hydrogens (tertiary/aromatic N) is 1. The second kappa shape index (κ2) is 4.91. The van der Waals surface area contributed by atoms with Gasteiger partial charge in [0, 0.05) is 16.0 Å². The molecule has 0 saturated heterocycles. The van der Waals surface area contributed by atoms with Crippen LogP contribution in [-0.4, -0.2) is 11.5 Å². The third-order valence-electron chi connectivity index (χ3n) is 1.23. The quantitative estimate of drug-likeness (QED) is 0.376. The van der Waals surface area contributed by atoms with Crippen LogP contribution in [0.4, 0.5) is 0 Å². The molecule has 0 N–H and O–H groups in total. The third kappa shape index (κ3) is 4.56. The topological polar surface area (TPSA) is 43.1 Å². The smallest absolute Gasteiger partial charge is 0.223 e. The summed E-state index contributed by atoms with van der Waals surface area (Å²) in [6.07, 6.45) is 3.19. The van der Waals surface area contributed by atoms with Crippen molar-refractivity contribution in [2.24, 2.45) is 0 Å². The maximum atomic E-state index is 9.90. The predicted octanol–water partition coefficient (Wildman–Crippen LogP) is 2.35. The number of allylic oxidation sites excluding steroid dienone is 3. The highest BCUT2D eigenvalue weighted by Gasteiger charge is 1.96. The van der Waals surface area contributed by atoms with Gasteiger partial charge in [0.1, 0.15) is 0 Å². The molecule has 4 heteroatoms. The molecule has 0 aromatic carbocycles. The SMILES string of the molecule is C/C=C(C)\C(Cl)=C/C[N+](=O)[O-]. The Kier molecular flexibility index (Phi) is 4.54. The summed E-state index contributed by atoms with van der Waals surface area (Å²) in [6, 6.07) is 0. The van der Waals surface area contributed by atoms with Crippen molar-refractivity contribution < 1.29 is 4.92 Å². The van der Waals surface area contributed by atoms with Gasteiger partial charge in [-0.2, -0.15) is 0 Å². The zero-order valence-corrected chi connectivity index (χ0v) is 7.26. The van der Waals surface area contributed by atoms with Crippen LogP contribution in [0.15, 0.2) is 22.8 Å². The first-order chi connectivity index (χ1) is 5.07. The number of nitro groups is 1. The maximum Gasteiger partial charge on any atom is 0.223 e. The van der Waals surface area contributed by atoms with Crippen molar-refractivity contribution >= 4 is 11.6 Å². The van der Waals surface area contributed by atoms with Gasteiger partial charge in [-0.1, -0.05) is 17.7 Å². The summed E-state index contributed by atoms with van der Waals surface area (Å²) in [5, 5.41) is 10.3. The molecule has 0 heterocycles. The van der Waals surface area contributed by atoms with Crippen molar-refractivity contribution in [1.82, 2.24) is 0 Å². The molecule has 0 atom stereocenters. The van der Waals surface area contributed by atoms with Crippen LogP contribution in [-0.2, 0) is 0 Å². The van der Waals surface area contributed by atoms with Crippen molar-refractivity contribution in [3.8, 4) is 0 Å². The second-order valence-corrected chi connectivity index (χ2v) is 2.45. The van der Waals surface area contributed by atoms with E-state index in [-0.39, 0.29) is 6.54 Å². The standard InChI is InChI=1S/C7H10ClNO2/c1-3-6(2)7(8)4-5-9(10)11/h3-4H,5H2,1-2H3/b6-3-,7-4+. The lowest BCUT2D eigenvalue weighted by Crippen LogP contribution is -1.96. The van der Waals surface area contributed by atoms with E-state index >= 15 is 0 Å². The summed E-state index contributed by atoms with van der Waals surface area (Å²) < 4.78 is 0. The van der Waals surface area contributed by atoms with Gasteiger partial charge < -0.3 is 0 Å². The minimum absolute atomic E-state index is 0.218. The van der Waals surface area contributed by atoms with Crippen LogP contribution in [0.1, 0.15) is 13.8 Å². The molecule has 62 valence electrons. The van der Waals surface area contributed by atoms with Crippen LogP contribution in [0.3, 0.4) is 0 Å². The van der Waals surface area contributed by atoms with Crippen molar-refractivity contribution in [3.05, 3.63) is 32.9 Å². The molecule has 0 saturated carbocycles. The molecule has 0 fully saturated rings. The molecule has 0 aliphatic heterocycles. The summed E-state index contributed by atoms with van der Waals surface area (Å²) in [7, 11) is 0. The van der Waals surface area contributed by atoms with Gasteiger partial charge in [-0.3, -0.25) is 10.1 Å². The van der Waals surface area contributed by atoms with Crippen molar-refractivity contribution in [2.75, 3.05) is 6.54 Å². The van der Waals surface area contributed by atoms with E-state index in [1.54, 1.807) is 13.0 Å². The summed E-state index contributed by atoms with van der Waals surface area (Å²) in [5.74, 6) is 0. The molecule has 0 amide bonds. The van der Waals surface area contributed by atoms with Gasteiger partial charge in [-0.15, -0.1) is 0 Å². The number of hydrogen-bond acceptors (Lipinski definition) is 2. The Morgan fingerprint density at radius 1 is 1.73 bits per heavy atom. The van der Waals surface area contributed by atoms with Crippen molar-refractivity contribution in [2.45, 2.75) is 13.8 Å². The molecule has 0 unspecified atom stereocenters. The van der Waals surface area contributed by atoms with E-state index in [0.29, 0.717) is 5.03 Å². The molecule has 0 radical (unpaired) electrons. The van der Waals surface area contributed by atoms with E-state index in [2.05, 4.69) is 0 Å². The number of halogens is 1. The van der Waals surface area contributed by atoms with E-state index < -0.39 is 4.92 Å². The Labute approximate surface area is 70.5 Å². The minimum Gasteiger partial charge on any atom is -0.264 e. The van der Waals surface area contributed by atoms with Gasteiger partial charge in [-0.05, 0) is 19.4 Å². The van der Waals surface area contributed by atoms with E-state index in [4.69, 9.17) is 11.6 Å². The normalized spacial score (nSPS) is 13.4. The first kappa shape index (κ1) is 10.2. The Balaban J connectivity index is 4.12. The van der Waals surface area contributed by atoms with Gasteiger partial charge in [0.05, 0.1) is 0 Å². The third-order valence-corrected chi connectivity index (χ3v) is 1.68. The average molecular weight is 176 g/mol. The van der Waals surface area contributed by atoms with E-state index in [0.717, 1.165) is 5.57 Å². The Morgan fingerprint density at radius 2 is 2.27 bits per heavy atom. The molecule has 3 nitrogen and oxygen atoms in total. The lowest BCUT2D eigenvalue weighted by Gasteiger charge is -1.94. The highest BCUT2D eigenvalue weighted by atomic mass is 35.5. The fourth-order valence-corrected chi connectivity index (χ4v) is 0.632. The largest absolute Gasteiger partial charge is 0.264 e. The zero-order valence-electron chi connectivity index (χ0n) is 6.50. The lowest BCUT2D eigenvalue weighted by molar-refractivity contribution is -0.468. The summed E-state index contributed by atoms with van der Waals surface area (Å²) in [4.78, 5) is 9.47. The highest BCUT2D eigenvalue weighted by Crippen LogP contribution is 2.12. The Hall–Kier alpha value is -0.830. The first-order valence-electron chi connectivity index (χ1n) is 3.18. The summed E-state index contributed by atoms with van der Waals surface area (Å²) in [5.41, 5.74) is 0.855. The minimum atomic E-state index is -0.425. The van der Waals surface area contributed by atoms with Crippen LogP contribution in [0, 0.1) is 10.1 Å². The molecule has 0 bridgehead atoms.